The molecule has 0 amide bonds. The Kier molecular flexibility index (Phi) is 4.16. The number of carbonyl (C=O) groups excluding carboxylic acids is 2. The van der Waals surface area contributed by atoms with E-state index in [-0.39, 0.29) is 22.4 Å². The molecule has 24 heavy (non-hydrogen) atoms. The van der Waals surface area contributed by atoms with Gasteiger partial charge in [-0.1, -0.05) is 68.4 Å². The Balaban J connectivity index is 1.78. The van der Waals surface area contributed by atoms with Crippen LogP contribution in [0.15, 0.2) is 54.6 Å². The highest BCUT2D eigenvalue weighted by molar-refractivity contribution is 5.98. The van der Waals surface area contributed by atoms with Crippen molar-refractivity contribution in [2.24, 2.45) is 5.41 Å². The van der Waals surface area contributed by atoms with Gasteiger partial charge in [-0.05, 0) is 36.3 Å². The second-order valence-corrected chi connectivity index (χ2v) is 7.82. The van der Waals surface area contributed by atoms with Crippen LogP contribution in [-0.2, 0) is 16.6 Å². The van der Waals surface area contributed by atoms with Crippen molar-refractivity contribution >= 4 is 11.6 Å². The van der Waals surface area contributed by atoms with E-state index in [1.54, 1.807) is 6.92 Å². The van der Waals surface area contributed by atoms with Gasteiger partial charge in [0, 0.05) is 12.0 Å². The van der Waals surface area contributed by atoms with Gasteiger partial charge >= 0.3 is 0 Å². The van der Waals surface area contributed by atoms with Gasteiger partial charge in [0.05, 0.1) is 5.41 Å². The zero-order valence-corrected chi connectivity index (χ0v) is 14.6. The molecule has 0 saturated heterocycles. The molecule has 0 radical (unpaired) electrons. The summed E-state index contributed by atoms with van der Waals surface area (Å²) in [6.45, 7) is 6.08. The zero-order valence-electron chi connectivity index (χ0n) is 14.6. The van der Waals surface area contributed by atoms with Crippen molar-refractivity contribution < 1.29 is 9.59 Å². The van der Waals surface area contributed by atoms with Crippen LogP contribution < -0.4 is 0 Å². The van der Waals surface area contributed by atoms with E-state index in [2.05, 4.69) is 13.8 Å². The summed E-state index contributed by atoms with van der Waals surface area (Å²) in [5.74, 6) is 0.337. The van der Waals surface area contributed by atoms with Crippen LogP contribution in [-0.4, -0.2) is 11.6 Å². The van der Waals surface area contributed by atoms with Crippen LogP contribution in [0.3, 0.4) is 0 Å². The largest absolute Gasteiger partial charge is 0.299 e. The van der Waals surface area contributed by atoms with Crippen molar-refractivity contribution in [1.29, 1.82) is 0 Å². The highest BCUT2D eigenvalue weighted by atomic mass is 16.1. The molecule has 0 bridgehead atoms. The number of hydrogen-bond donors (Lipinski definition) is 0. The number of rotatable bonds is 5. The van der Waals surface area contributed by atoms with E-state index in [1.165, 1.54) is 0 Å². The Hall–Kier alpha value is -2.22. The monoisotopic (exact) mass is 320 g/mol. The maximum absolute atomic E-state index is 12.4. The summed E-state index contributed by atoms with van der Waals surface area (Å²) in [5.41, 5.74) is 2.64. The second kappa shape index (κ2) is 6.01. The van der Waals surface area contributed by atoms with Gasteiger partial charge in [0.15, 0.2) is 5.78 Å². The highest BCUT2D eigenvalue weighted by Crippen LogP contribution is 2.55. The van der Waals surface area contributed by atoms with Crippen LogP contribution in [0.25, 0.3) is 0 Å². The van der Waals surface area contributed by atoms with Crippen LogP contribution in [0.1, 0.15) is 55.1 Å². The lowest BCUT2D eigenvalue weighted by Crippen LogP contribution is -2.51. The first kappa shape index (κ1) is 16.6. The highest BCUT2D eigenvalue weighted by Gasteiger charge is 2.53. The third-order valence-corrected chi connectivity index (χ3v) is 5.20. The molecule has 2 nitrogen and oxygen atoms in total. The third kappa shape index (κ3) is 3.06. The topological polar surface area (TPSA) is 34.1 Å². The first-order chi connectivity index (χ1) is 11.3. The summed E-state index contributed by atoms with van der Waals surface area (Å²) in [6, 6.07) is 17.4. The third-order valence-electron chi connectivity index (χ3n) is 5.20. The molecule has 3 rings (SSSR count). The van der Waals surface area contributed by atoms with E-state index in [0.29, 0.717) is 12.0 Å². The Labute approximate surface area is 143 Å². The number of carbonyl (C=O) groups is 2. The molecule has 1 saturated carbocycles. The lowest BCUT2D eigenvalue weighted by atomic mass is 9.50. The molecule has 0 atom stereocenters. The summed E-state index contributed by atoms with van der Waals surface area (Å²) in [4.78, 5) is 24.7. The summed E-state index contributed by atoms with van der Waals surface area (Å²) in [6.07, 6.45) is 2.17. The second-order valence-electron chi connectivity index (χ2n) is 7.82. The summed E-state index contributed by atoms with van der Waals surface area (Å²) in [5, 5.41) is 0. The number of benzene rings is 2. The van der Waals surface area contributed by atoms with Gasteiger partial charge in [0.25, 0.3) is 0 Å². The zero-order chi connectivity index (χ0) is 17.4. The molecule has 2 aromatic carbocycles. The maximum Gasteiger partial charge on any atom is 0.167 e. The SMILES string of the molecule is CC(=O)C1(c2ccc(C(=O)Cc3ccccc3)cc2)CC(C)(C)C1. The van der Waals surface area contributed by atoms with Gasteiger partial charge < -0.3 is 0 Å². The predicted octanol–water partition coefficient (Wildman–Crippen LogP) is 4.76. The number of hydrogen-bond acceptors (Lipinski definition) is 2. The molecule has 0 spiro atoms. The van der Waals surface area contributed by atoms with Gasteiger partial charge in [0.1, 0.15) is 5.78 Å². The van der Waals surface area contributed by atoms with Gasteiger partial charge in [0.2, 0.25) is 0 Å². The molecule has 1 aliphatic rings. The Bertz CT molecular complexity index is 746. The average Bonchev–Trinajstić information content (AvgIpc) is 2.53. The van der Waals surface area contributed by atoms with Crippen molar-refractivity contribution in [3.63, 3.8) is 0 Å². The molecule has 0 aliphatic heterocycles. The van der Waals surface area contributed by atoms with Crippen LogP contribution in [0.5, 0.6) is 0 Å². The summed E-state index contributed by atoms with van der Waals surface area (Å²) in [7, 11) is 0. The minimum absolute atomic E-state index is 0.110. The molecule has 2 aromatic rings. The standard InChI is InChI=1S/C22H24O2/c1-16(23)22(14-21(2,3)15-22)19-11-9-18(10-12-19)20(24)13-17-7-5-4-6-8-17/h4-12H,13-15H2,1-3H3. The molecule has 0 aromatic heterocycles. The smallest absolute Gasteiger partial charge is 0.167 e. The molecule has 1 aliphatic carbocycles. The Morgan fingerprint density at radius 2 is 1.50 bits per heavy atom. The molecule has 2 heteroatoms. The van der Waals surface area contributed by atoms with Crippen molar-refractivity contribution in [1.82, 2.24) is 0 Å². The lowest BCUT2D eigenvalue weighted by molar-refractivity contribution is -0.130. The number of ketones is 2. The Morgan fingerprint density at radius 3 is 2.00 bits per heavy atom. The van der Waals surface area contributed by atoms with Crippen molar-refractivity contribution in [3.05, 3.63) is 71.3 Å². The van der Waals surface area contributed by atoms with Crippen LogP contribution >= 0.6 is 0 Å². The van der Waals surface area contributed by atoms with Crippen molar-refractivity contribution in [3.8, 4) is 0 Å². The van der Waals surface area contributed by atoms with Gasteiger partial charge in [-0.15, -0.1) is 0 Å². The molecule has 0 unspecified atom stereocenters. The normalized spacial score (nSPS) is 17.8. The van der Waals surface area contributed by atoms with Crippen LogP contribution in [0.2, 0.25) is 0 Å². The van der Waals surface area contributed by atoms with Crippen LogP contribution in [0.4, 0.5) is 0 Å². The summed E-state index contributed by atoms with van der Waals surface area (Å²) < 4.78 is 0. The lowest BCUT2D eigenvalue weighted by Gasteiger charge is -2.52. The first-order valence-corrected chi connectivity index (χ1v) is 8.51. The molecular weight excluding hydrogens is 296 g/mol. The summed E-state index contributed by atoms with van der Waals surface area (Å²) >= 11 is 0. The van der Waals surface area contributed by atoms with Crippen molar-refractivity contribution in [2.75, 3.05) is 0 Å². The number of Topliss-reactive ketones (excluding diaryl/α,β-unsaturated/α-hetero) is 2. The van der Waals surface area contributed by atoms with E-state index in [0.717, 1.165) is 24.0 Å². The van der Waals surface area contributed by atoms with E-state index in [4.69, 9.17) is 0 Å². The molecular formula is C22H24O2. The van der Waals surface area contributed by atoms with Gasteiger partial charge in [-0.3, -0.25) is 9.59 Å². The maximum atomic E-state index is 12.4. The van der Waals surface area contributed by atoms with Crippen LogP contribution in [0, 0.1) is 5.41 Å². The van der Waals surface area contributed by atoms with E-state index in [9.17, 15) is 9.59 Å². The van der Waals surface area contributed by atoms with E-state index < -0.39 is 0 Å². The molecule has 124 valence electrons. The molecule has 0 N–H and O–H groups in total. The minimum Gasteiger partial charge on any atom is -0.299 e. The van der Waals surface area contributed by atoms with E-state index in [1.807, 2.05) is 54.6 Å². The van der Waals surface area contributed by atoms with Gasteiger partial charge in [-0.25, -0.2) is 0 Å². The van der Waals surface area contributed by atoms with E-state index >= 15 is 0 Å². The minimum atomic E-state index is -0.357. The van der Waals surface area contributed by atoms with Gasteiger partial charge in [-0.2, -0.15) is 0 Å². The predicted molar refractivity (Wildman–Crippen MR) is 96.3 cm³/mol. The fraction of sp³-hybridized carbons (Fsp3) is 0.364. The van der Waals surface area contributed by atoms with Crippen molar-refractivity contribution in [2.45, 2.75) is 45.4 Å². The Morgan fingerprint density at radius 1 is 0.917 bits per heavy atom. The fourth-order valence-electron chi connectivity index (χ4n) is 4.10. The molecule has 1 fully saturated rings. The first-order valence-electron chi connectivity index (χ1n) is 8.51. The fourth-order valence-corrected chi connectivity index (χ4v) is 4.10. The quantitative estimate of drug-likeness (QED) is 0.744. The average molecular weight is 320 g/mol. The molecule has 0 heterocycles.